The van der Waals surface area contributed by atoms with Gasteiger partial charge in [-0.05, 0) is 30.3 Å². The highest BCUT2D eigenvalue weighted by Gasteiger charge is 2.16. The van der Waals surface area contributed by atoms with Crippen molar-refractivity contribution in [2.24, 2.45) is 0 Å². The summed E-state index contributed by atoms with van der Waals surface area (Å²) in [6.07, 6.45) is 5.49. The van der Waals surface area contributed by atoms with Gasteiger partial charge in [0.05, 0.1) is 17.3 Å². The van der Waals surface area contributed by atoms with Gasteiger partial charge in [0.15, 0.2) is 12.4 Å². The van der Waals surface area contributed by atoms with Gasteiger partial charge in [-0.2, -0.15) is 5.10 Å². The number of rotatable bonds is 6. The molecule has 29 heavy (non-hydrogen) atoms. The summed E-state index contributed by atoms with van der Waals surface area (Å²) in [5.74, 6) is 0.244. The molecule has 0 spiro atoms. The van der Waals surface area contributed by atoms with Crippen LogP contribution in [0.1, 0.15) is 16.2 Å². The number of carbonyl (C=O) groups is 1. The van der Waals surface area contributed by atoms with Crippen LogP contribution in [-0.4, -0.2) is 37.0 Å². The monoisotopic (exact) mass is 429 g/mol. The Kier molecular flexibility index (Phi) is 5.42. The molecule has 0 fully saturated rings. The SMILES string of the molecule is CN(Cc1cn2ccccc2n1)C(=O)c1ccn(COc2cccc(Cl)c2Cl)n1. The molecule has 9 heteroatoms. The van der Waals surface area contributed by atoms with E-state index in [0.29, 0.717) is 28.0 Å². The number of fused-ring (bicyclic) bond motifs is 1. The van der Waals surface area contributed by atoms with Gasteiger partial charge in [0.2, 0.25) is 0 Å². The van der Waals surface area contributed by atoms with Gasteiger partial charge < -0.3 is 14.0 Å². The summed E-state index contributed by atoms with van der Waals surface area (Å²) in [4.78, 5) is 18.8. The minimum absolute atomic E-state index is 0.101. The van der Waals surface area contributed by atoms with Crippen LogP contribution in [-0.2, 0) is 13.3 Å². The summed E-state index contributed by atoms with van der Waals surface area (Å²) in [5.41, 5.74) is 1.95. The molecule has 148 valence electrons. The van der Waals surface area contributed by atoms with Crippen molar-refractivity contribution < 1.29 is 9.53 Å². The van der Waals surface area contributed by atoms with Crippen molar-refractivity contribution in [2.75, 3.05) is 7.05 Å². The number of nitrogens with zero attached hydrogens (tertiary/aromatic N) is 5. The number of ether oxygens (including phenoxy) is 1. The molecule has 4 rings (SSSR count). The second-order valence-electron chi connectivity index (χ2n) is 6.43. The molecule has 4 aromatic rings. The predicted molar refractivity (Wildman–Crippen MR) is 110 cm³/mol. The number of amides is 1. The standard InChI is InChI=1S/C20H17Cl2N5O2/c1-25(11-14-12-26-9-3-2-7-18(26)23-14)20(28)16-8-10-27(24-16)13-29-17-6-4-5-15(21)19(17)22/h2-10,12H,11,13H2,1H3. The summed E-state index contributed by atoms with van der Waals surface area (Å²) in [6.45, 7) is 0.478. The molecule has 0 radical (unpaired) electrons. The maximum absolute atomic E-state index is 12.7. The maximum atomic E-state index is 12.7. The average Bonchev–Trinajstić information content (AvgIpc) is 3.34. The van der Waals surface area contributed by atoms with Gasteiger partial charge in [-0.1, -0.05) is 35.3 Å². The van der Waals surface area contributed by atoms with Crippen molar-refractivity contribution in [1.82, 2.24) is 24.1 Å². The lowest BCUT2D eigenvalue weighted by Gasteiger charge is -2.14. The highest BCUT2D eigenvalue weighted by atomic mass is 35.5. The molecule has 0 atom stereocenters. The molecule has 1 amide bonds. The van der Waals surface area contributed by atoms with Crippen LogP contribution in [0.25, 0.3) is 5.65 Å². The van der Waals surface area contributed by atoms with Gasteiger partial charge in [0, 0.05) is 25.6 Å². The fraction of sp³-hybridized carbons (Fsp3) is 0.150. The molecule has 3 heterocycles. The van der Waals surface area contributed by atoms with E-state index in [4.69, 9.17) is 27.9 Å². The normalized spacial score (nSPS) is 11.0. The number of hydrogen-bond donors (Lipinski definition) is 0. The summed E-state index contributed by atoms with van der Waals surface area (Å²) < 4.78 is 9.07. The molecule has 0 N–H and O–H groups in total. The van der Waals surface area contributed by atoms with Crippen molar-refractivity contribution >= 4 is 34.8 Å². The Balaban J connectivity index is 1.40. The first-order valence-electron chi connectivity index (χ1n) is 8.79. The lowest BCUT2D eigenvalue weighted by atomic mass is 10.3. The maximum Gasteiger partial charge on any atom is 0.274 e. The third-order valence-electron chi connectivity index (χ3n) is 4.29. The van der Waals surface area contributed by atoms with E-state index in [1.165, 1.54) is 4.68 Å². The van der Waals surface area contributed by atoms with Crippen LogP contribution in [0.3, 0.4) is 0 Å². The highest BCUT2D eigenvalue weighted by molar-refractivity contribution is 6.42. The number of imidazole rings is 1. The first kappa shape index (κ1) is 19.3. The molecular formula is C20H17Cl2N5O2. The molecule has 0 aliphatic rings. The first-order chi connectivity index (χ1) is 14.0. The largest absolute Gasteiger partial charge is 0.470 e. The number of halogens is 2. The molecular weight excluding hydrogens is 413 g/mol. The van der Waals surface area contributed by atoms with Gasteiger partial charge in [-0.15, -0.1) is 0 Å². The van der Waals surface area contributed by atoms with Crippen LogP contribution in [0, 0.1) is 0 Å². The van der Waals surface area contributed by atoms with Crippen LogP contribution in [0.2, 0.25) is 10.0 Å². The molecule has 3 aromatic heterocycles. The van der Waals surface area contributed by atoms with Crippen LogP contribution >= 0.6 is 23.2 Å². The Morgan fingerprint density at radius 2 is 2.00 bits per heavy atom. The van der Waals surface area contributed by atoms with E-state index in [1.807, 2.05) is 35.0 Å². The smallest absolute Gasteiger partial charge is 0.274 e. The molecule has 1 aromatic carbocycles. The van der Waals surface area contributed by atoms with E-state index in [1.54, 1.807) is 42.4 Å². The Labute approximate surface area is 177 Å². The van der Waals surface area contributed by atoms with Gasteiger partial charge in [-0.25, -0.2) is 9.67 Å². The lowest BCUT2D eigenvalue weighted by molar-refractivity contribution is 0.0775. The van der Waals surface area contributed by atoms with Gasteiger partial charge in [0.25, 0.3) is 5.91 Å². The van der Waals surface area contributed by atoms with Gasteiger partial charge in [-0.3, -0.25) is 4.79 Å². The molecule has 0 saturated carbocycles. The van der Waals surface area contributed by atoms with Crippen LogP contribution in [0.5, 0.6) is 5.75 Å². The zero-order valence-corrected chi connectivity index (χ0v) is 17.0. The highest BCUT2D eigenvalue weighted by Crippen LogP contribution is 2.31. The van der Waals surface area contributed by atoms with Crippen molar-refractivity contribution in [2.45, 2.75) is 13.3 Å². The molecule has 0 aliphatic heterocycles. The number of aromatic nitrogens is 4. The van der Waals surface area contributed by atoms with Crippen molar-refractivity contribution in [3.05, 3.63) is 82.5 Å². The fourth-order valence-corrected chi connectivity index (χ4v) is 3.20. The third-order valence-corrected chi connectivity index (χ3v) is 5.09. The second kappa shape index (κ2) is 8.14. The predicted octanol–water partition coefficient (Wildman–Crippen LogP) is 4.15. The number of pyridine rings is 1. The minimum Gasteiger partial charge on any atom is -0.470 e. The molecule has 0 saturated heterocycles. The fourth-order valence-electron chi connectivity index (χ4n) is 2.85. The molecule has 0 unspecified atom stereocenters. The lowest BCUT2D eigenvalue weighted by Crippen LogP contribution is -2.27. The van der Waals surface area contributed by atoms with Crippen LogP contribution in [0.4, 0.5) is 0 Å². The van der Waals surface area contributed by atoms with Crippen LogP contribution < -0.4 is 4.74 Å². The van der Waals surface area contributed by atoms with E-state index < -0.39 is 0 Å². The van der Waals surface area contributed by atoms with Crippen LogP contribution in [0.15, 0.2) is 61.1 Å². The Bertz CT molecular complexity index is 1140. The van der Waals surface area contributed by atoms with Crippen molar-refractivity contribution in [3.8, 4) is 5.75 Å². The zero-order chi connectivity index (χ0) is 20.4. The summed E-state index contributed by atoms with van der Waals surface area (Å²) in [5, 5.41) is 5.03. The van der Waals surface area contributed by atoms with Crippen molar-refractivity contribution in [1.29, 1.82) is 0 Å². The Morgan fingerprint density at radius 1 is 1.14 bits per heavy atom. The summed E-state index contributed by atoms with van der Waals surface area (Å²) >= 11 is 12.1. The summed E-state index contributed by atoms with van der Waals surface area (Å²) in [6, 6.07) is 12.6. The van der Waals surface area contributed by atoms with E-state index in [2.05, 4.69) is 10.1 Å². The topological polar surface area (TPSA) is 64.7 Å². The van der Waals surface area contributed by atoms with Gasteiger partial charge >= 0.3 is 0 Å². The second-order valence-corrected chi connectivity index (χ2v) is 7.21. The molecule has 7 nitrogen and oxygen atoms in total. The summed E-state index contributed by atoms with van der Waals surface area (Å²) in [7, 11) is 1.72. The zero-order valence-electron chi connectivity index (χ0n) is 15.5. The molecule has 0 bridgehead atoms. The minimum atomic E-state index is -0.207. The Hall–Kier alpha value is -3.03. The Morgan fingerprint density at radius 3 is 2.83 bits per heavy atom. The van der Waals surface area contributed by atoms with Crippen molar-refractivity contribution in [3.63, 3.8) is 0 Å². The third kappa shape index (κ3) is 4.21. The average molecular weight is 430 g/mol. The molecule has 0 aliphatic carbocycles. The van der Waals surface area contributed by atoms with Gasteiger partial charge in [0.1, 0.15) is 16.4 Å². The van der Waals surface area contributed by atoms with E-state index >= 15 is 0 Å². The van der Waals surface area contributed by atoms with E-state index in [-0.39, 0.29) is 12.6 Å². The first-order valence-corrected chi connectivity index (χ1v) is 9.55. The quantitative estimate of drug-likeness (QED) is 0.461. The van der Waals surface area contributed by atoms with E-state index in [0.717, 1.165) is 11.3 Å². The number of carbonyl (C=O) groups excluding carboxylic acids is 1. The number of benzene rings is 1. The number of hydrogen-bond acceptors (Lipinski definition) is 4. The van der Waals surface area contributed by atoms with E-state index in [9.17, 15) is 4.79 Å².